The van der Waals surface area contributed by atoms with Gasteiger partial charge in [-0.1, -0.05) is 0 Å². The minimum atomic E-state index is -0.567. The summed E-state index contributed by atoms with van der Waals surface area (Å²) in [5.41, 5.74) is 0.761. The van der Waals surface area contributed by atoms with E-state index in [4.69, 9.17) is 5.11 Å². The van der Waals surface area contributed by atoms with Crippen LogP contribution in [0, 0.1) is 0 Å². The first-order valence-electron chi connectivity index (χ1n) is 4.16. The van der Waals surface area contributed by atoms with Crippen molar-refractivity contribution in [2.24, 2.45) is 0 Å². The van der Waals surface area contributed by atoms with Crippen LogP contribution in [-0.4, -0.2) is 23.1 Å². The maximum atomic E-state index is 11.0. The fraction of sp³-hybridized carbons (Fsp3) is 0.556. The van der Waals surface area contributed by atoms with Gasteiger partial charge in [-0.2, -0.15) is 0 Å². The number of aliphatic hydroxyl groups excluding tert-OH is 1. The average molecular weight is 184 g/mol. The summed E-state index contributed by atoms with van der Waals surface area (Å²) in [6.45, 7) is 3.20. The lowest BCUT2D eigenvalue weighted by Gasteiger charge is -2.02. The van der Waals surface area contributed by atoms with E-state index in [1.54, 1.807) is 13.8 Å². The van der Waals surface area contributed by atoms with Crippen molar-refractivity contribution in [2.75, 3.05) is 0 Å². The fourth-order valence-electron chi connectivity index (χ4n) is 1.14. The van der Waals surface area contributed by atoms with E-state index in [1.165, 1.54) is 0 Å². The molecule has 0 bridgehead atoms. The van der Waals surface area contributed by atoms with Crippen molar-refractivity contribution in [1.29, 1.82) is 0 Å². The lowest BCUT2D eigenvalue weighted by atomic mass is 10.0. The van der Waals surface area contributed by atoms with E-state index < -0.39 is 18.0 Å². The van der Waals surface area contributed by atoms with E-state index >= 15 is 0 Å². The Morgan fingerprint density at radius 1 is 1.38 bits per heavy atom. The van der Waals surface area contributed by atoms with E-state index in [9.17, 15) is 9.59 Å². The second-order valence-electron chi connectivity index (χ2n) is 3.17. The molecule has 0 unspecified atom stereocenters. The van der Waals surface area contributed by atoms with Crippen LogP contribution in [-0.2, 0) is 14.3 Å². The normalized spacial score (nSPS) is 19.3. The van der Waals surface area contributed by atoms with Crippen molar-refractivity contribution in [1.82, 2.24) is 0 Å². The first kappa shape index (κ1) is 9.92. The third-order valence-electron chi connectivity index (χ3n) is 2.00. The molecule has 1 N–H and O–H groups in total. The van der Waals surface area contributed by atoms with Gasteiger partial charge in [0.15, 0.2) is 0 Å². The van der Waals surface area contributed by atoms with Gasteiger partial charge in [0.2, 0.25) is 0 Å². The highest BCUT2D eigenvalue weighted by Gasteiger charge is 2.29. The van der Waals surface area contributed by atoms with Gasteiger partial charge in [-0.15, -0.1) is 0 Å². The van der Waals surface area contributed by atoms with Crippen molar-refractivity contribution < 1.29 is 19.4 Å². The Morgan fingerprint density at radius 2 is 2.00 bits per heavy atom. The first-order valence-corrected chi connectivity index (χ1v) is 4.16. The summed E-state index contributed by atoms with van der Waals surface area (Å²) in [5, 5.41) is 8.99. The molecule has 72 valence electrons. The number of cyclic esters (lactones) is 2. The highest BCUT2D eigenvalue weighted by molar-refractivity contribution is 6.11. The third-order valence-corrected chi connectivity index (χ3v) is 2.00. The molecule has 13 heavy (non-hydrogen) atoms. The molecule has 0 aromatic heterocycles. The van der Waals surface area contributed by atoms with Gasteiger partial charge in [0, 0.05) is 11.1 Å². The van der Waals surface area contributed by atoms with Crippen molar-refractivity contribution in [2.45, 2.75) is 32.8 Å². The molecule has 0 aromatic carbocycles. The predicted octanol–water partition coefficient (Wildman–Crippen LogP) is 0.547. The van der Waals surface area contributed by atoms with Crippen LogP contribution < -0.4 is 0 Å². The molecule has 1 heterocycles. The summed E-state index contributed by atoms with van der Waals surface area (Å²) in [6.07, 6.45) is 0.396. The average Bonchev–Trinajstić information content (AvgIpc) is 2.24. The minimum Gasteiger partial charge on any atom is -0.393 e. The molecule has 4 nitrogen and oxygen atoms in total. The summed E-state index contributed by atoms with van der Waals surface area (Å²) in [5.74, 6) is -1.13. The van der Waals surface area contributed by atoms with Gasteiger partial charge < -0.3 is 9.84 Å². The molecule has 0 aliphatic carbocycles. The molecular weight excluding hydrogens is 172 g/mol. The first-order chi connectivity index (χ1) is 6.02. The Balaban J connectivity index is 2.67. The number of ether oxygens (including phenoxy) is 1. The molecule has 0 fully saturated rings. The molecule has 0 aromatic rings. The van der Waals surface area contributed by atoms with Gasteiger partial charge in [0.1, 0.15) is 0 Å². The molecule has 0 saturated heterocycles. The minimum absolute atomic E-state index is 0.366. The highest BCUT2D eigenvalue weighted by Crippen LogP contribution is 2.21. The molecule has 1 aliphatic heterocycles. The lowest BCUT2D eigenvalue weighted by Crippen LogP contribution is -2.05. The largest absolute Gasteiger partial charge is 0.393 e. The Bertz CT molecular complexity index is 275. The number of hydrogen-bond acceptors (Lipinski definition) is 4. The molecule has 1 atom stereocenters. The Labute approximate surface area is 76.2 Å². The SMILES string of the molecule is CC1=C(CC[C@@H](C)O)C(=O)OC1=O. The zero-order valence-corrected chi connectivity index (χ0v) is 7.66. The second kappa shape index (κ2) is 3.70. The summed E-state index contributed by atoms with van der Waals surface area (Å²) in [7, 11) is 0. The van der Waals surface area contributed by atoms with Crippen LogP contribution in [0.15, 0.2) is 11.1 Å². The molecule has 0 spiro atoms. The molecule has 1 rings (SSSR count). The van der Waals surface area contributed by atoms with Crippen LogP contribution >= 0.6 is 0 Å². The van der Waals surface area contributed by atoms with Gasteiger partial charge >= 0.3 is 11.9 Å². The zero-order valence-electron chi connectivity index (χ0n) is 7.66. The number of carbonyl (C=O) groups excluding carboxylic acids is 2. The number of aliphatic hydroxyl groups is 1. The van der Waals surface area contributed by atoms with E-state index in [2.05, 4.69) is 4.74 Å². The van der Waals surface area contributed by atoms with Crippen molar-refractivity contribution in [3.05, 3.63) is 11.1 Å². The smallest absolute Gasteiger partial charge is 0.342 e. The van der Waals surface area contributed by atoms with E-state index in [1.807, 2.05) is 0 Å². The van der Waals surface area contributed by atoms with Crippen LogP contribution in [0.5, 0.6) is 0 Å². The molecule has 0 saturated carbocycles. The van der Waals surface area contributed by atoms with E-state index in [0.29, 0.717) is 24.0 Å². The number of hydrogen-bond donors (Lipinski definition) is 1. The Kier molecular flexibility index (Phi) is 2.83. The quantitative estimate of drug-likeness (QED) is 0.513. The molecular formula is C9H12O4. The Hall–Kier alpha value is -1.16. The predicted molar refractivity (Wildman–Crippen MR) is 44.7 cm³/mol. The van der Waals surface area contributed by atoms with Gasteiger partial charge in [-0.3, -0.25) is 0 Å². The van der Waals surface area contributed by atoms with Crippen LogP contribution in [0.25, 0.3) is 0 Å². The van der Waals surface area contributed by atoms with Crippen molar-refractivity contribution in [3.8, 4) is 0 Å². The van der Waals surface area contributed by atoms with Crippen LogP contribution in [0.3, 0.4) is 0 Å². The highest BCUT2D eigenvalue weighted by atomic mass is 16.6. The maximum Gasteiger partial charge on any atom is 0.342 e. The Morgan fingerprint density at radius 3 is 2.38 bits per heavy atom. The summed E-state index contributed by atoms with van der Waals surface area (Å²) >= 11 is 0. The van der Waals surface area contributed by atoms with Gasteiger partial charge in [-0.25, -0.2) is 9.59 Å². The number of esters is 2. The zero-order chi connectivity index (χ0) is 10.0. The second-order valence-corrected chi connectivity index (χ2v) is 3.17. The molecule has 4 heteroatoms. The van der Waals surface area contributed by atoms with Crippen LogP contribution in [0.4, 0.5) is 0 Å². The summed E-state index contributed by atoms with van der Waals surface area (Å²) in [6, 6.07) is 0. The third kappa shape index (κ3) is 2.15. The molecule has 1 aliphatic rings. The molecule has 0 radical (unpaired) electrons. The summed E-state index contributed by atoms with van der Waals surface area (Å²) < 4.78 is 4.38. The van der Waals surface area contributed by atoms with Crippen LogP contribution in [0.2, 0.25) is 0 Å². The monoisotopic (exact) mass is 184 g/mol. The van der Waals surface area contributed by atoms with Crippen molar-refractivity contribution >= 4 is 11.9 Å². The fourth-order valence-corrected chi connectivity index (χ4v) is 1.14. The number of carbonyl (C=O) groups is 2. The maximum absolute atomic E-state index is 11.0. The van der Waals surface area contributed by atoms with Gasteiger partial charge in [-0.05, 0) is 26.7 Å². The molecule has 0 amide bonds. The summed E-state index contributed by atoms with van der Waals surface area (Å²) in [4.78, 5) is 21.9. The number of rotatable bonds is 3. The van der Waals surface area contributed by atoms with Gasteiger partial charge in [0.05, 0.1) is 6.10 Å². The topological polar surface area (TPSA) is 63.6 Å². The van der Waals surface area contributed by atoms with E-state index in [0.717, 1.165) is 0 Å². The standard InChI is InChI=1S/C9H12O4/c1-5(10)3-4-7-6(2)8(11)13-9(7)12/h5,10H,3-4H2,1-2H3/t5-/m1/s1. The van der Waals surface area contributed by atoms with Gasteiger partial charge in [0.25, 0.3) is 0 Å². The van der Waals surface area contributed by atoms with Crippen molar-refractivity contribution in [3.63, 3.8) is 0 Å². The lowest BCUT2D eigenvalue weighted by molar-refractivity contribution is -0.151. The van der Waals surface area contributed by atoms with E-state index in [-0.39, 0.29) is 0 Å². The van der Waals surface area contributed by atoms with Crippen LogP contribution in [0.1, 0.15) is 26.7 Å².